The van der Waals surface area contributed by atoms with Gasteiger partial charge in [-0.15, -0.1) is 12.1 Å². The van der Waals surface area contributed by atoms with Gasteiger partial charge in [0.1, 0.15) is 11.9 Å². The molecule has 3 aromatic heterocycles. The van der Waals surface area contributed by atoms with Crippen LogP contribution in [0.4, 0.5) is 8.78 Å². The van der Waals surface area contributed by atoms with Gasteiger partial charge in [0.05, 0.1) is 11.4 Å². The van der Waals surface area contributed by atoms with Gasteiger partial charge < -0.3 is 15.1 Å². The van der Waals surface area contributed by atoms with Gasteiger partial charge in [0.15, 0.2) is 0 Å². The van der Waals surface area contributed by atoms with E-state index in [1.807, 2.05) is 32.0 Å². The summed E-state index contributed by atoms with van der Waals surface area (Å²) in [5.74, 6) is -1.19. The second kappa shape index (κ2) is 8.82. The number of pyridine rings is 2. The minimum Gasteiger partial charge on any atom is -0.408 e. The SMILES string of the molecule is CC(C)(c1cccc(-c2nc(C#N)n[n-]2)n1)c1cccc(-c2[c-]cc(F)cc2F)n1.[Pt+2]. The van der Waals surface area contributed by atoms with E-state index in [4.69, 9.17) is 5.26 Å². The fraction of sp³-hybridized carbons (Fsp3) is 0.136. The molecule has 0 saturated carbocycles. The second-order valence-corrected chi connectivity index (χ2v) is 7.05. The first kappa shape index (κ1) is 22.4. The monoisotopic (exact) mass is 595 g/mol. The Hall–Kier alpha value is -3.30. The zero-order valence-electron chi connectivity index (χ0n) is 16.4. The third-order valence-corrected chi connectivity index (χ3v) is 4.67. The molecule has 1 aromatic carbocycles. The Kier molecular flexibility index (Phi) is 6.37. The maximum absolute atomic E-state index is 14.2. The number of nitriles is 1. The minimum absolute atomic E-state index is 0. The van der Waals surface area contributed by atoms with Crippen LogP contribution in [0.5, 0.6) is 0 Å². The van der Waals surface area contributed by atoms with E-state index < -0.39 is 17.0 Å². The molecule has 0 aliphatic heterocycles. The van der Waals surface area contributed by atoms with E-state index in [1.54, 1.807) is 24.3 Å². The molecule has 0 aliphatic rings. The number of rotatable bonds is 4. The first-order valence-corrected chi connectivity index (χ1v) is 8.98. The third-order valence-electron chi connectivity index (χ3n) is 4.67. The van der Waals surface area contributed by atoms with Gasteiger partial charge in [-0.2, -0.15) is 5.26 Å². The largest absolute Gasteiger partial charge is 2.00 e. The van der Waals surface area contributed by atoms with E-state index in [9.17, 15) is 8.78 Å². The van der Waals surface area contributed by atoms with E-state index in [2.05, 4.69) is 31.2 Å². The van der Waals surface area contributed by atoms with Crippen LogP contribution in [0.15, 0.2) is 48.5 Å². The van der Waals surface area contributed by atoms with Gasteiger partial charge in [-0.3, -0.25) is 18.9 Å². The number of nitrogens with zero attached hydrogens (tertiary/aromatic N) is 6. The molecule has 156 valence electrons. The van der Waals surface area contributed by atoms with Crippen LogP contribution in [0.3, 0.4) is 0 Å². The molecule has 0 amide bonds. The fourth-order valence-corrected chi connectivity index (χ4v) is 3.00. The molecule has 0 fully saturated rings. The molecule has 4 aromatic rings. The average Bonchev–Trinajstić information content (AvgIpc) is 3.23. The summed E-state index contributed by atoms with van der Waals surface area (Å²) in [7, 11) is 0. The summed E-state index contributed by atoms with van der Waals surface area (Å²) >= 11 is 0. The van der Waals surface area contributed by atoms with Crippen LogP contribution in [0.1, 0.15) is 31.1 Å². The predicted octanol–water partition coefficient (Wildman–Crippen LogP) is 3.83. The number of halogens is 2. The Balaban J connectivity index is 0.00000272. The van der Waals surface area contributed by atoms with Crippen molar-refractivity contribution in [3.05, 3.63) is 83.4 Å². The quantitative estimate of drug-likeness (QED) is 0.334. The van der Waals surface area contributed by atoms with Crippen molar-refractivity contribution >= 4 is 0 Å². The van der Waals surface area contributed by atoms with Crippen molar-refractivity contribution in [2.45, 2.75) is 19.3 Å². The molecule has 0 spiro atoms. The van der Waals surface area contributed by atoms with Gasteiger partial charge in [-0.25, -0.2) is 0 Å². The average molecular weight is 595 g/mol. The van der Waals surface area contributed by atoms with Crippen LogP contribution in [-0.4, -0.2) is 20.1 Å². The maximum Gasteiger partial charge on any atom is 2.00 e. The molecule has 0 saturated heterocycles. The molecular formula is C22H14F2N6Pt. The van der Waals surface area contributed by atoms with Gasteiger partial charge in [-0.05, 0) is 43.6 Å². The van der Waals surface area contributed by atoms with Crippen LogP contribution in [0.2, 0.25) is 0 Å². The Morgan fingerprint density at radius 3 is 2.26 bits per heavy atom. The van der Waals surface area contributed by atoms with Crippen molar-refractivity contribution in [1.29, 1.82) is 5.26 Å². The molecule has 0 unspecified atom stereocenters. The van der Waals surface area contributed by atoms with Crippen LogP contribution in [-0.2, 0) is 26.5 Å². The van der Waals surface area contributed by atoms with E-state index in [1.165, 1.54) is 0 Å². The van der Waals surface area contributed by atoms with Crippen LogP contribution >= 0.6 is 0 Å². The molecule has 4 rings (SSSR count). The first-order valence-electron chi connectivity index (χ1n) is 8.98. The Morgan fingerprint density at radius 1 is 1.00 bits per heavy atom. The van der Waals surface area contributed by atoms with Gasteiger partial charge in [-0.1, -0.05) is 29.8 Å². The number of aromatic nitrogens is 5. The smallest absolute Gasteiger partial charge is 0.408 e. The number of hydrogen-bond donors (Lipinski definition) is 0. The molecule has 6 nitrogen and oxygen atoms in total. The Labute approximate surface area is 191 Å². The van der Waals surface area contributed by atoms with Gasteiger partial charge >= 0.3 is 21.1 Å². The molecule has 0 N–H and O–H groups in total. The summed E-state index contributed by atoms with van der Waals surface area (Å²) in [5, 5.41) is 16.5. The van der Waals surface area contributed by atoms with Gasteiger partial charge in [0.2, 0.25) is 0 Å². The summed E-state index contributed by atoms with van der Waals surface area (Å²) in [6.45, 7) is 3.86. The zero-order chi connectivity index (χ0) is 21.3. The van der Waals surface area contributed by atoms with Crippen molar-refractivity contribution in [3.63, 3.8) is 0 Å². The zero-order valence-corrected chi connectivity index (χ0v) is 18.6. The van der Waals surface area contributed by atoms with Crippen LogP contribution in [0.25, 0.3) is 22.8 Å². The molecule has 0 bridgehead atoms. The van der Waals surface area contributed by atoms with Crippen molar-refractivity contribution in [2.75, 3.05) is 0 Å². The van der Waals surface area contributed by atoms with Crippen molar-refractivity contribution < 1.29 is 29.8 Å². The summed E-state index contributed by atoms with van der Waals surface area (Å²) in [6, 6.07) is 16.9. The molecular weight excluding hydrogens is 581 g/mol. The van der Waals surface area contributed by atoms with Gasteiger partial charge in [0.25, 0.3) is 0 Å². The summed E-state index contributed by atoms with van der Waals surface area (Å²) < 4.78 is 27.4. The van der Waals surface area contributed by atoms with Crippen molar-refractivity contribution in [3.8, 4) is 28.8 Å². The van der Waals surface area contributed by atoms with E-state index in [0.717, 1.165) is 12.1 Å². The maximum atomic E-state index is 14.2. The van der Waals surface area contributed by atoms with Crippen LogP contribution < -0.4 is 5.10 Å². The normalized spacial score (nSPS) is 10.9. The molecule has 9 heteroatoms. The predicted molar refractivity (Wildman–Crippen MR) is 104 cm³/mol. The molecule has 31 heavy (non-hydrogen) atoms. The van der Waals surface area contributed by atoms with Crippen molar-refractivity contribution in [1.82, 2.24) is 25.1 Å². The van der Waals surface area contributed by atoms with E-state index in [0.29, 0.717) is 22.8 Å². The fourth-order valence-electron chi connectivity index (χ4n) is 3.00. The Bertz CT molecular complexity index is 1280. The standard InChI is InChI=1S/C22H14F2N6.Pt/c1-22(2,19-8-4-6-17(27-19)21-28-20(12-25)29-30-21)18-7-3-5-16(26-18)14-10-9-13(23)11-15(14)24;/h3-9,11H,1-2H3;/q-2;+2. The minimum atomic E-state index is -0.730. The van der Waals surface area contributed by atoms with Gasteiger partial charge in [0, 0.05) is 22.7 Å². The topological polar surface area (TPSA) is 89.5 Å². The summed E-state index contributed by atoms with van der Waals surface area (Å²) in [5.41, 5.74) is 1.58. The summed E-state index contributed by atoms with van der Waals surface area (Å²) in [4.78, 5) is 13.2. The third kappa shape index (κ3) is 4.42. The molecule has 0 aliphatic carbocycles. The molecule has 3 heterocycles. The molecule has 0 radical (unpaired) electrons. The second-order valence-electron chi connectivity index (χ2n) is 7.05. The summed E-state index contributed by atoms with van der Waals surface area (Å²) in [6.07, 6.45) is 0. The van der Waals surface area contributed by atoms with E-state index >= 15 is 0 Å². The Morgan fingerprint density at radius 2 is 1.65 bits per heavy atom. The number of hydrogen-bond acceptors (Lipinski definition) is 5. The number of benzene rings is 1. The first-order chi connectivity index (χ1) is 14.4. The van der Waals surface area contributed by atoms with E-state index in [-0.39, 0.29) is 38.3 Å². The molecule has 0 atom stereocenters. The van der Waals surface area contributed by atoms with Crippen LogP contribution in [0, 0.1) is 29.0 Å². The van der Waals surface area contributed by atoms with Crippen molar-refractivity contribution in [2.24, 2.45) is 0 Å².